The molecule has 0 spiro atoms. The van der Waals surface area contributed by atoms with Crippen LogP contribution in [0.1, 0.15) is 30.9 Å². The van der Waals surface area contributed by atoms with E-state index in [0.29, 0.717) is 6.42 Å². The van der Waals surface area contributed by atoms with Gasteiger partial charge in [0.1, 0.15) is 0 Å². The number of rotatable bonds is 5. The Kier molecular flexibility index (Phi) is 5.55. The van der Waals surface area contributed by atoms with E-state index in [1.165, 1.54) is 0 Å². The highest BCUT2D eigenvalue weighted by atomic mass is 16.4. The van der Waals surface area contributed by atoms with Crippen LogP contribution in [-0.2, 0) is 4.79 Å². The largest absolute Gasteiger partial charge is 0.409 e. The van der Waals surface area contributed by atoms with Crippen LogP contribution in [0, 0.1) is 19.8 Å². The number of nitrogens with two attached hydrogens (primary N) is 1. The number of nitrogens with zero attached hydrogens (tertiary/aromatic N) is 2. The predicted octanol–water partition coefficient (Wildman–Crippen LogP) is 2.43. The normalized spacial score (nSPS) is 13.1. The summed E-state index contributed by atoms with van der Waals surface area (Å²) >= 11 is 0. The molecule has 5 nitrogen and oxygen atoms in total. The number of hydrogen-bond donors (Lipinski definition) is 2. The fourth-order valence-electron chi connectivity index (χ4n) is 2.26. The molecule has 0 aliphatic carbocycles. The van der Waals surface area contributed by atoms with Crippen LogP contribution in [0.4, 0.5) is 5.69 Å². The first-order chi connectivity index (χ1) is 9.40. The van der Waals surface area contributed by atoms with Crippen LogP contribution in [0.3, 0.4) is 0 Å². The van der Waals surface area contributed by atoms with Gasteiger partial charge in [-0.1, -0.05) is 24.6 Å². The molecule has 0 aliphatic rings. The van der Waals surface area contributed by atoms with Crippen molar-refractivity contribution in [3.8, 4) is 0 Å². The molecule has 0 fully saturated rings. The molecule has 0 aliphatic heterocycles. The van der Waals surface area contributed by atoms with Crippen LogP contribution < -0.4 is 10.6 Å². The Morgan fingerprint density at radius 2 is 1.90 bits per heavy atom. The first-order valence-electron chi connectivity index (χ1n) is 6.74. The van der Waals surface area contributed by atoms with Crippen molar-refractivity contribution < 1.29 is 10.0 Å². The van der Waals surface area contributed by atoms with E-state index >= 15 is 0 Å². The Hall–Kier alpha value is -2.04. The van der Waals surface area contributed by atoms with E-state index in [1.54, 1.807) is 11.9 Å². The van der Waals surface area contributed by atoms with Gasteiger partial charge in [0.15, 0.2) is 5.84 Å². The summed E-state index contributed by atoms with van der Waals surface area (Å²) in [6.07, 6.45) is 1.34. The van der Waals surface area contributed by atoms with Crippen molar-refractivity contribution in [1.82, 2.24) is 0 Å². The number of hydrogen-bond acceptors (Lipinski definition) is 3. The van der Waals surface area contributed by atoms with Gasteiger partial charge in [0.25, 0.3) is 0 Å². The van der Waals surface area contributed by atoms with Crippen molar-refractivity contribution in [1.29, 1.82) is 0 Å². The zero-order chi connectivity index (χ0) is 15.3. The molecule has 1 rings (SSSR count). The van der Waals surface area contributed by atoms with E-state index in [-0.39, 0.29) is 11.7 Å². The molecule has 1 aromatic carbocycles. The number of aryl methyl sites for hydroxylation is 2. The van der Waals surface area contributed by atoms with E-state index in [0.717, 1.165) is 23.2 Å². The van der Waals surface area contributed by atoms with E-state index in [2.05, 4.69) is 11.2 Å². The van der Waals surface area contributed by atoms with E-state index in [1.807, 2.05) is 32.9 Å². The highest BCUT2D eigenvalue weighted by molar-refractivity contribution is 6.08. The number of carbonyl (C=O) groups is 1. The lowest BCUT2D eigenvalue weighted by Gasteiger charge is -2.23. The van der Waals surface area contributed by atoms with Crippen molar-refractivity contribution >= 4 is 17.4 Å². The standard InChI is InChI=1S/C15H23N3O2/c1-5-6-13(14(16)17-20)15(19)18(4)12-8-10(2)7-11(3)9-12/h7-9,13,20H,5-6H2,1-4H3,(H2,16,17). The smallest absolute Gasteiger partial charge is 0.237 e. The van der Waals surface area contributed by atoms with Crippen LogP contribution in [-0.4, -0.2) is 24.0 Å². The number of carbonyl (C=O) groups excluding carboxylic acids is 1. The van der Waals surface area contributed by atoms with Gasteiger partial charge in [-0.3, -0.25) is 4.79 Å². The molecule has 20 heavy (non-hydrogen) atoms. The number of anilines is 1. The van der Waals surface area contributed by atoms with Gasteiger partial charge in [-0.15, -0.1) is 0 Å². The highest BCUT2D eigenvalue weighted by Crippen LogP contribution is 2.21. The molecule has 0 saturated carbocycles. The molecule has 1 unspecified atom stereocenters. The molecule has 0 aromatic heterocycles. The van der Waals surface area contributed by atoms with Crippen molar-refractivity contribution in [2.24, 2.45) is 16.8 Å². The third-order valence-corrected chi connectivity index (χ3v) is 3.27. The molecule has 1 aromatic rings. The molecule has 0 saturated heterocycles. The summed E-state index contributed by atoms with van der Waals surface area (Å²) in [5.74, 6) is -0.781. The van der Waals surface area contributed by atoms with E-state index < -0.39 is 5.92 Å². The second-order valence-electron chi connectivity index (χ2n) is 5.11. The summed E-state index contributed by atoms with van der Waals surface area (Å²) < 4.78 is 0. The zero-order valence-electron chi connectivity index (χ0n) is 12.6. The van der Waals surface area contributed by atoms with Gasteiger partial charge in [0, 0.05) is 12.7 Å². The second kappa shape index (κ2) is 6.93. The van der Waals surface area contributed by atoms with Crippen molar-refractivity contribution in [3.63, 3.8) is 0 Å². The van der Waals surface area contributed by atoms with E-state index in [4.69, 9.17) is 10.9 Å². The lowest BCUT2D eigenvalue weighted by atomic mass is 10.0. The predicted molar refractivity (Wildman–Crippen MR) is 81.1 cm³/mol. The number of amides is 1. The van der Waals surface area contributed by atoms with Gasteiger partial charge in [-0.25, -0.2) is 0 Å². The SMILES string of the molecule is CCCC(C(=O)N(C)c1cc(C)cc(C)c1)C(N)=NO. The third-order valence-electron chi connectivity index (χ3n) is 3.27. The van der Waals surface area contributed by atoms with Crippen LogP contribution in [0.25, 0.3) is 0 Å². The maximum atomic E-state index is 12.5. The van der Waals surface area contributed by atoms with Crippen LogP contribution in [0.15, 0.2) is 23.4 Å². The summed E-state index contributed by atoms with van der Waals surface area (Å²) in [5.41, 5.74) is 8.64. The second-order valence-corrected chi connectivity index (χ2v) is 5.11. The van der Waals surface area contributed by atoms with Gasteiger partial charge in [0.05, 0.1) is 5.92 Å². The van der Waals surface area contributed by atoms with Gasteiger partial charge in [-0.05, 0) is 43.5 Å². The lowest BCUT2D eigenvalue weighted by molar-refractivity contribution is -0.120. The molecule has 0 bridgehead atoms. The monoisotopic (exact) mass is 277 g/mol. The van der Waals surface area contributed by atoms with Crippen LogP contribution >= 0.6 is 0 Å². The maximum absolute atomic E-state index is 12.5. The maximum Gasteiger partial charge on any atom is 0.237 e. The van der Waals surface area contributed by atoms with Crippen molar-refractivity contribution in [2.45, 2.75) is 33.6 Å². The Labute approximate surface area is 120 Å². The van der Waals surface area contributed by atoms with Crippen LogP contribution in [0.2, 0.25) is 0 Å². The first kappa shape index (κ1) is 16.0. The van der Waals surface area contributed by atoms with Crippen LogP contribution in [0.5, 0.6) is 0 Å². The molecule has 5 heteroatoms. The Morgan fingerprint density at radius 3 is 2.35 bits per heavy atom. The number of benzene rings is 1. The zero-order valence-corrected chi connectivity index (χ0v) is 12.6. The minimum absolute atomic E-state index is 0.0342. The van der Waals surface area contributed by atoms with E-state index in [9.17, 15) is 4.79 Å². The Morgan fingerprint density at radius 1 is 1.35 bits per heavy atom. The van der Waals surface area contributed by atoms with Gasteiger partial charge in [-0.2, -0.15) is 0 Å². The molecule has 0 heterocycles. The molecule has 3 N–H and O–H groups in total. The fourth-order valence-corrected chi connectivity index (χ4v) is 2.26. The average molecular weight is 277 g/mol. The summed E-state index contributed by atoms with van der Waals surface area (Å²) in [4.78, 5) is 14.1. The van der Waals surface area contributed by atoms with Crippen molar-refractivity contribution in [2.75, 3.05) is 11.9 Å². The topological polar surface area (TPSA) is 78.9 Å². The summed E-state index contributed by atoms with van der Waals surface area (Å²) in [6, 6.07) is 5.94. The fraction of sp³-hybridized carbons (Fsp3) is 0.467. The highest BCUT2D eigenvalue weighted by Gasteiger charge is 2.26. The quantitative estimate of drug-likeness (QED) is 0.375. The summed E-state index contributed by atoms with van der Waals surface area (Å²) in [5, 5.41) is 11.8. The summed E-state index contributed by atoms with van der Waals surface area (Å²) in [7, 11) is 1.71. The van der Waals surface area contributed by atoms with Gasteiger partial charge in [0.2, 0.25) is 5.91 Å². The first-order valence-corrected chi connectivity index (χ1v) is 6.74. The molecular formula is C15H23N3O2. The summed E-state index contributed by atoms with van der Waals surface area (Å²) in [6.45, 7) is 5.94. The number of amidine groups is 1. The average Bonchev–Trinajstić information content (AvgIpc) is 2.41. The number of oxime groups is 1. The lowest BCUT2D eigenvalue weighted by Crippen LogP contribution is -2.40. The Bertz CT molecular complexity index is 492. The molecule has 1 amide bonds. The minimum Gasteiger partial charge on any atom is -0.409 e. The molecular weight excluding hydrogens is 254 g/mol. The third kappa shape index (κ3) is 3.73. The van der Waals surface area contributed by atoms with Gasteiger partial charge >= 0.3 is 0 Å². The van der Waals surface area contributed by atoms with Crippen molar-refractivity contribution in [3.05, 3.63) is 29.3 Å². The molecule has 1 atom stereocenters. The Balaban J connectivity index is 3.04. The van der Waals surface area contributed by atoms with Gasteiger partial charge < -0.3 is 15.8 Å². The molecule has 110 valence electrons. The minimum atomic E-state index is -0.587. The molecule has 0 radical (unpaired) electrons.